The van der Waals surface area contributed by atoms with E-state index in [0.717, 1.165) is 0 Å². The molecule has 0 aliphatic heterocycles. The van der Waals surface area contributed by atoms with Crippen molar-refractivity contribution >= 4 is 81.8 Å². The first kappa shape index (κ1) is 57.3. The lowest BCUT2D eigenvalue weighted by molar-refractivity contribution is 0.0516. The number of halogens is 2. The van der Waals surface area contributed by atoms with Gasteiger partial charge in [-0.3, -0.25) is 14.4 Å². The van der Waals surface area contributed by atoms with Crippen LogP contribution in [-0.2, 0) is 9.47 Å². The summed E-state index contributed by atoms with van der Waals surface area (Å²) in [4.78, 5) is 71.6. The first-order valence-corrected chi connectivity index (χ1v) is 23.2. The SMILES string of the molecule is Cc1c(C(=O)Nc2cc(N)cc(Cl)c2)cnn1-c1ccc(C(=O)NCCNC(=O)OC(C)(C)C)cc1.Cc1c(C(=O)O)cnn1-c1ccc(C(=O)NCCNC(=O)OC(C)(C)C)cc1.Nc1cc(N)cc(Cl)c1. The maximum atomic E-state index is 12.7. The molecule has 0 fully saturated rings. The number of carbonyl (C=O) groups is 6. The van der Waals surface area contributed by atoms with Gasteiger partial charge in [0, 0.05) is 70.1 Å². The van der Waals surface area contributed by atoms with Crippen LogP contribution in [0.15, 0.2) is 97.3 Å². The van der Waals surface area contributed by atoms with E-state index in [9.17, 15) is 28.8 Å². The summed E-state index contributed by atoms with van der Waals surface area (Å²) in [5, 5.41) is 31.8. The Balaban J connectivity index is 0.000000275. The number of alkyl carbamates (subject to hydrolysis) is 2. The van der Waals surface area contributed by atoms with Crippen molar-refractivity contribution in [3.8, 4) is 11.4 Å². The Morgan fingerprint density at radius 3 is 1.29 bits per heavy atom. The molecule has 0 aliphatic carbocycles. The molecule has 5 amide bonds. The molecule has 0 aliphatic rings. The molecule has 388 valence electrons. The van der Waals surface area contributed by atoms with E-state index in [4.69, 9.17) is 55.0 Å². The van der Waals surface area contributed by atoms with Crippen LogP contribution < -0.4 is 43.8 Å². The number of benzene rings is 4. The molecule has 0 spiro atoms. The fourth-order valence-corrected chi connectivity index (χ4v) is 6.81. The van der Waals surface area contributed by atoms with Crippen molar-refractivity contribution in [3.05, 3.63) is 141 Å². The average molecular weight is 1040 g/mol. The van der Waals surface area contributed by atoms with Crippen molar-refractivity contribution in [1.82, 2.24) is 40.8 Å². The number of carbonyl (C=O) groups excluding carboxylic acids is 5. The molecule has 6 rings (SSSR count). The second-order valence-electron chi connectivity index (χ2n) is 17.9. The van der Waals surface area contributed by atoms with E-state index >= 15 is 0 Å². The maximum Gasteiger partial charge on any atom is 0.407 e. The second-order valence-corrected chi connectivity index (χ2v) is 18.8. The van der Waals surface area contributed by atoms with Crippen molar-refractivity contribution in [3.63, 3.8) is 0 Å². The van der Waals surface area contributed by atoms with Crippen LogP contribution >= 0.6 is 23.2 Å². The number of carboxylic acids is 1. The van der Waals surface area contributed by atoms with E-state index < -0.39 is 29.4 Å². The Bertz CT molecular complexity index is 2840. The normalized spacial score (nSPS) is 10.8. The summed E-state index contributed by atoms with van der Waals surface area (Å²) in [5.74, 6) is -1.97. The van der Waals surface area contributed by atoms with Gasteiger partial charge in [0.15, 0.2) is 0 Å². The van der Waals surface area contributed by atoms with E-state index in [-0.39, 0.29) is 49.5 Å². The number of nitrogen functional groups attached to an aromatic ring is 3. The number of nitrogens with one attached hydrogen (secondary N) is 5. The molecule has 2 aromatic heterocycles. The standard InChI is InChI=1S/C25H29ClN6O4.C19H24N4O5.C6H7ClN2/c1-15-21(23(34)31-19-12-17(26)11-18(27)13-19)14-30-32(15)20-7-5-16(6-8-20)22(33)28-9-10-29-24(35)36-25(2,3)4;1-12-15(17(25)26)11-22-23(12)14-7-5-13(6-8-14)16(24)20-9-10-21-18(27)28-19(2,3)4;7-4-1-5(8)3-6(9)2-4/h5-8,11-14H,9-10,27H2,1-4H3,(H,28,33)(H,29,35)(H,31,34);5-8,11H,9-10H2,1-4H3,(H,20,24)(H,21,27)(H,25,26);1-3H,8-9H2. The Morgan fingerprint density at radius 1 is 0.548 bits per heavy atom. The number of ether oxygens (including phenoxy) is 2. The molecule has 0 atom stereocenters. The lowest BCUT2D eigenvalue weighted by atomic mass is 10.2. The molecular weight excluding hydrogens is 984 g/mol. The van der Waals surface area contributed by atoms with Crippen LogP contribution in [0, 0.1) is 13.8 Å². The van der Waals surface area contributed by atoms with E-state index in [0.29, 0.717) is 72.2 Å². The maximum absolute atomic E-state index is 12.7. The number of anilines is 4. The van der Waals surface area contributed by atoms with Gasteiger partial charge >= 0.3 is 18.2 Å². The first-order chi connectivity index (χ1) is 34.2. The number of nitrogens with two attached hydrogens (primary N) is 3. The number of aromatic nitrogens is 4. The highest BCUT2D eigenvalue weighted by molar-refractivity contribution is 6.31. The summed E-state index contributed by atoms with van der Waals surface area (Å²) in [7, 11) is 0. The number of hydrogen-bond donors (Lipinski definition) is 9. The minimum atomic E-state index is -1.04. The van der Waals surface area contributed by atoms with E-state index in [2.05, 4.69) is 36.8 Å². The third kappa shape index (κ3) is 18.8. The quantitative estimate of drug-likeness (QED) is 0.0398. The second kappa shape index (κ2) is 25.7. The molecule has 0 bridgehead atoms. The zero-order chi connectivity index (χ0) is 54.2. The molecule has 0 radical (unpaired) electrons. The van der Waals surface area contributed by atoms with Gasteiger partial charge in [0.2, 0.25) is 0 Å². The monoisotopic (exact) mass is 1040 g/mol. The number of amides is 5. The Kier molecular flexibility index (Phi) is 20.2. The summed E-state index contributed by atoms with van der Waals surface area (Å²) < 4.78 is 13.3. The fraction of sp³-hybridized carbons (Fsp3) is 0.280. The highest BCUT2D eigenvalue weighted by Crippen LogP contribution is 2.23. The molecule has 0 saturated heterocycles. The number of carboxylic acid groups (broad SMARTS) is 1. The van der Waals surface area contributed by atoms with Gasteiger partial charge in [0.1, 0.15) is 16.8 Å². The zero-order valence-corrected chi connectivity index (χ0v) is 43.1. The highest BCUT2D eigenvalue weighted by Gasteiger charge is 2.19. The summed E-state index contributed by atoms with van der Waals surface area (Å²) in [6, 6.07) is 23.1. The first-order valence-electron chi connectivity index (χ1n) is 22.4. The van der Waals surface area contributed by atoms with E-state index in [1.54, 1.807) is 145 Å². The third-order valence-electron chi connectivity index (χ3n) is 9.52. The van der Waals surface area contributed by atoms with Gasteiger partial charge in [0.05, 0.1) is 40.7 Å². The van der Waals surface area contributed by atoms with Gasteiger partial charge in [-0.15, -0.1) is 0 Å². The largest absolute Gasteiger partial charge is 0.478 e. The van der Waals surface area contributed by atoms with E-state index in [1.807, 2.05) is 0 Å². The summed E-state index contributed by atoms with van der Waals surface area (Å²) in [5.41, 5.74) is 21.4. The molecule has 4 aromatic carbocycles. The van der Waals surface area contributed by atoms with Gasteiger partial charge in [-0.2, -0.15) is 10.2 Å². The highest BCUT2D eigenvalue weighted by atomic mass is 35.5. The van der Waals surface area contributed by atoms with E-state index in [1.165, 1.54) is 17.1 Å². The number of aromatic carboxylic acids is 1. The molecular formula is C50H60Cl2N12O9. The van der Waals surface area contributed by atoms with Crippen LogP contribution in [0.4, 0.5) is 32.3 Å². The van der Waals surface area contributed by atoms with Crippen LogP contribution in [0.1, 0.15) is 94.4 Å². The van der Waals surface area contributed by atoms with Crippen LogP contribution in [-0.4, -0.2) is 97.9 Å². The predicted molar refractivity (Wildman–Crippen MR) is 281 cm³/mol. The molecule has 12 N–H and O–H groups in total. The Labute approximate surface area is 432 Å². The molecule has 0 unspecified atom stereocenters. The fourth-order valence-electron chi connectivity index (χ4n) is 6.31. The van der Waals surface area contributed by atoms with Crippen LogP contribution in [0.2, 0.25) is 10.0 Å². The van der Waals surface area contributed by atoms with Crippen LogP contribution in [0.5, 0.6) is 0 Å². The van der Waals surface area contributed by atoms with Crippen molar-refractivity contribution < 1.29 is 43.3 Å². The van der Waals surface area contributed by atoms with Gasteiger partial charge in [0.25, 0.3) is 17.7 Å². The Morgan fingerprint density at radius 2 is 0.918 bits per heavy atom. The molecule has 23 heteroatoms. The van der Waals surface area contributed by atoms with Crippen molar-refractivity contribution in [2.24, 2.45) is 0 Å². The molecule has 0 saturated carbocycles. The summed E-state index contributed by atoms with van der Waals surface area (Å²) in [6.45, 7) is 15.0. The van der Waals surface area contributed by atoms with Crippen molar-refractivity contribution in [2.45, 2.75) is 66.6 Å². The molecule has 73 heavy (non-hydrogen) atoms. The topological polar surface area (TPSA) is 315 Å². The smallest absolute Gasteiger partial charge is 0.407 e. The molecule has 21 nitrogen and oxygen atoms in total. The number of hydrogen-bond acceptors (Lipinski definition) is 13. The van der Waals surface area contributed by atoms with Gasteiger partial charge in [-0.25, -0.2) is 23.7 Å². The van der Waals surface area contributed by atoms with Gasteiger partial charge in [-0.05, 0) is 140 Å². The lowest BCUT2D eigenvalue weighted by Crippen LogP contribution is -2.37. The molecule has 6 aromatic rings. The number of rotatable bonds is 13. The number of nitrogens with zero attached hydrogens (tertiary/aromatic N) is 4. The summed E-state index contributed by atoms with van der Waals surface area (Å²) >= 11 is 11.6. The Hall–Kier alpha value is -8.30. The minimum Gasteiger partial charge on any atom is -0.478 e. The van der Waals surface area contributed by atoms with Gasteiger partial charge in [-0.1, -0.05) is 23.2 Å². The minimum absolute atomic E-state index is 0.124. The van der Waals surface area contributed by atoms with Crippen LogP contribution in [0.3, 0.4) is 0 Å². The van der Waals surface area contributed by atoms with Crippen LogP contribution in [0.25, 0.3) is 11.4 Å². The zero-order valence-electron chi connectivity index (χ0n) is 41.6. The third-order valence-corrected chi connectivity index (χ3v) is 9.96. The van der Waals surface area contributed by atoms with Crippen molar-refractivity contribution in [2.75, 3.05) is 48.7 Å². The summed E-state index contributed by atoms with van der Waals surface area (Å²) in [6.07, 6.45) is 1.68. The van der Waals surface area contributed by atoms with Crippen molar-refractivity contribution in [1.29, 1.82) is 0 Å². The molecule has 2 heterocycles. The lowest BCUT2D eigenvalue weighted by Gasteiger charge is -2.19. The average Bonchev–Trinajstić information content (AvgIpc) is 3.87. The predicted octanol–water partition coefficient (Wildman–Crippen LogP) is 7.56. The van der Waals surface area contributed by atoms with Gasteiger partial charge < -0.3 is 58.4 Å².